The van der Waals surface area contributed by atoms with E-state index >= 15 is 0 Å². The molecule has 0 spiro atoms. The molecule has 2 N–H and O–H groups in total. The van der Waals surface area contributed by atoms with Gasteiger partial charge in [0.05, 0.1) is 12.3 Å². The van der Waals surface area contributed by atoms with Crippen LogP contribution in [-0.2, 0) is 6.61 Å². The van der Waals surface area contributed by atoms with Gasteiger partial charge in [0.1, 0.15) is 11.9 Å². The molecule has 0 aromatic carbocycles. The number of hydrogen-bond donors (Lipinski definition) is 2. The normalized spacial score (nSPS) is 21.6. The molecule has 2 aromatic rings. The predicted octanol–water partition coefficient (Wildman–Crippen LogP) is 3.32. The zero-order chi connectivity index (χ0) is 20.6. The van der Waals surface area contributed by atoms with Crippen LogP contribution in [0.3, 0.4) is 0 Å². The van der Waals surface area contributed by atoms with Crippen LogP contribution in [0.5, 0.6) is 5.88 Å². The van der Waals surface area contributed by atoms with Crippen LogP contribution in [0.25, 0.3) is 5.95 Å². The summed E-state index contributed by atoms with van der Waals surface area (Å²) in [6.07, 6.45) is 0.283. The number of rotatable bonds is 6. The van der Waals surface area contributed by atoms with Crippen LogP contribution in [0.15, 0.2) is 18.3 Å². The number of alkyl halides is 4. The first-order valence-electron chi connectivity index (χ1n) is 9.45. The van der Waals surface area contributed by atoms with Gasteiger partial charge < -0.3 is 15.2 Å². The first-order chi connectivity index (χ1) is 13.7. The van der Waals surface area contributed by atoms with Crippen molar-refractivity contribution in [2.45, 2.75) is 69.1 Å². The van der Waals surface area contributed by atoms with Gasteiger partial charge in [-0.1, -0.05) is 0 Å². The van der Waals surface area contributed by atoms with Crippen molar-refractivity contribution in [3.63, 3.8) is 0 Å². The Kier molecular flexibility index (Phi) is 5.09. The second-order valence-electron chi connectivity index (χ2n) is 7.58. The van der Waals surface area contributed by atoms with Crippen LogP contribution in [0.4, 0.5) is 23.4 Å². The van der Waals surface area contributed by atoms with Crippen molar-refractivity contribution in [3.05, 3.63) is 24.0 Å². The number of aliphatic hydroxyl groups excluding tert-OH is 1. The summed E-state index contributed by atoms with van der Waals surface area (Å²) in [7, 11) is 0. The SMILES string of the molecule is OCc1ccn(-c2nc(NC3CCC(F)(F)CC3)cc(OC3CC(F)(F)C3)n2)n1. The van der Waals surface area contributed by atoms with Crippen LogP contribution >= 0.6 is 0 Å². The number of ether oxygens (including phenoxy) is 1. The second-order valence-corrected chi connectivity index (χ2v) is 7.58. The van der Waals surface area contributed by atoms with Crippen LogP contribution < -0.4 is 10.1 Å². The Balaban J connectivity index is 1.54. The molecule has 0 radical (unpaired) electrons. The van der Waals surface area contributed by atoms with Crippen molar-refractivity contribution >= 4 is 5.82 Å². The highest BCUT2D eigenvalue weighted by Crippen LogP contribution is 2.40. The quantitative estimate of drug-likeness (QED) is 0.704. The standard InChI is InChI=1S/C18H21F4N5O2/c19-17(20)4-1-11(2-5-17)23-14-7-15(29-13-8-18(21,22)9-13)25-16(24-14)27-6-3-12(10-28)26-27/h3,6-7,11,13,28H,1-2,4-5,8-10H2,(H,23,24,25). The highest BCUT2D eigenvalue weighted by atomic mass is 19.3. The van der Waals surface area contributed by atoms with Crippen molar-refractivity contribution in [1.82, 2.24) is 19.7 Å². The number of aromatic nitrogens is 4. The summed E-state index contributed by atoms with van der Waals surface area (Å²) in [5.41, 5.74) is 0.405. The van der Waals surface area contributed by atoms with E-state index in [-0.39, 0.29) is 63.0 Å². The predicted molar refractivity (Wildman–Crippen MR) is 94.5 cm³/mol. The Morgan fingerprint density at radius 2 is 1.86 bits per heavy atom. The first kappa shape index (κ1) is 19.9. The Labute approximate surface area is 164 Å². The molecule has 0 atom stereocenters. The molecule has 2 aromatic heterocycles. The van der Waals surface area contributed by atoms with E-state index in [4.69, 9.17) is 4.74 Å². The van der Waals surface area contributed by atoms with Crippen LogP contribution in [0.2, 0.25) is 0 Å². The Hall–Kier alpha value is -2.43. The van der Waals surface area contributed by atoms with Gasteiger partial charge in [0, 0.05) is 44.0 Å². The summed E-state index contributed by atoms with van der Waals surface area (Å²) in [6.45, 7) is -0.262. The molecule has 29 heavy (non-hydrogen) atoms. The van der Waals surface area contributed by atoms with Crippen LogP contribution in [0.1, 0.15) is 44.2 Å². The molecule has 0 aliphatic heterocycles. The fourth-order valence-electron chi connectivity index (χ4n) is 3.46. The molecule has 158 valence electrons. The Morgan fingerprint density at radius 1 is 1.14 bits per heavy atom. The minimum Gasteiger partial charge on any atom is -0.474 e. The van der Waals surface area contributed by atoms with E-state index in [0.717, 1.165) is 0 Å². The maximum Gasteiger partial charge on any atom is 0.255 e. The average Bonchev–Trinajstić information content (AvgIpc) is 3.11. The zero-order valence-electron chi connectivity index (χ0n) is 15.5. The number of nitrogens with one attached hydrogen (secondary N) is 1. The molecule has 0 unspecified atom stereocenters. The van der Waals surface area contributed by atoms with Crippen LogP contribution in [-0.4, -0.2) is 48.8 Å². The molecule has 0 amide bonds. The van der Waals surface area contributed by atoms with Gasteiger partial charge in [-0.25, -0.2) is 22.2 Å². The number of hydrogen-bond acceptors (Lipinski definition) is 6. The molecule has 2 aliphatic carbocycles. The van der Waals surface area contributed by atoms with Crippen molar-refractivity contribution in [2.24, 2.45) is 0 Å². The van der Waals surface area contributed by atoms with Gasteiger partial charge in [-0.2, -0.15) is 15.1 Å². The largest absolute Gasteiger partial charge is 0.474 e. The fourth-order valence-corrected chi connectivity index (χ4v) is 3.46. The maximum atomic E-state index is 13.4. The van der Waals surface area contributed by atoms with Crippen LogP contribution in [0, 0.1) is 0 Å². The highest BCUT2D eigenvalue weighted by molar-refractivity contribution is 5.42. The number of halogens is 4. The Bertz CT molecular complexity index is 858. The molecular formula is C18H21F4N5O2. The molecule has 2 aliphatic rings. The van der Waals surface area contributed by atoms with Crippen molar-refractivity contribution < 1.29 is 27.4 Å². The second kappa shape index (κ2) is 7.43. The zero-order valence-corrected chi connectivity index (χ0v) is 15.5. The summed E-state index contributed by atoms with van der Waals surface area (Å²) in [5, 5.41) is 16.4. The molecule has 0 saturated heterocycles. The third-order valence-electron chi connectivity index (χ3n) is 5.11. The van der Waals surface area contributed by atoms with Crippen molar-refractivity contribution in [2.75, 3.05) is 5.32 Å². The minimum atomic E-state index is -2.73. The lowest BCUT2D eigenvalue weighted by atomic mass is 9.91. The molecule has 2 fully saturated rings. The lowest BCUT2D eigenvalue weighted by Gasteiger charge is -2.34. The van der Waals surface area contributed by atoms with E-state index in [2.05, 4.69) is 20.4 Å². The highest BCUT2D eigenvalue weighted by Gasteiger charge is 2.47. The number of nitrogens with zero attached hydrogens (tertiary/aromatic N) is 4. The van der Waals surface area contributed by atoms with Gasteiger partial charge in [0.25, 0.3) is 11.9 Å². The molecule has 2 saturated carbocycles. The van der Waals surface area contributed by atoms with E-state index in [1.165, 1.54) is 10.7 Å². The van der Waals surface area contributed by atoms with E-state index in [1.807, 2.05) is 0 Å². The average molecular weight is 415 g/mol. The smallest absolute Gasteiger partial charge is 0.255 e. The van der Waals surface area contributed by atoms with Crippen molar-refractivity contribution in [3.8, 4) is 11.8 Å². The first-order valence-corrected chi connectivity index (χ1v) is 9.45. The monoisotopic (exact) mass is 415 g/mol. The van der Waals surface area contributed by atoms with Gasteiger partial charge in [0.15, 0.2) is 0 Å². The lowest BCUT2D eigenvalue weighted by molar-refractivity contribution is -0.135. The lowest BCUT2D eigenvalue weighted by Crippen LogP contribution is -2.43. The molecule has 0 bridgehead atoms. The summed E-state index contributed by atoms with van der Waals surface area (Å²) in [6, 6.07) is 2.87. The molecule has 7 nitrogen and oxygen atoms in total. The molecule has 2 heterocycles. The van der Waals surface area contributed by atoms with E-state index in [0.29, 0.717) is 11.5 Å². The summed E-state index contributed by atoms with van der Waals surface area (Å²) >= 11 is 0. The fraction of sp³-hybridized carbons (Fsp3) is 0.611. The Morgan fingerprint density at radius 3 is 2.48 bits per heavy atom. The maximum absolute atomic E-state index is 13.4. The van der Waals surface area contributed by atoms with Gasteiger partial charge in [0.2, 0.25) is 11.8 Å². The summed E-state index contributed by atoms with van der Waals surface area (Å²) in [4.78, 5) is 8.56. The van der Waals surface area contributed by atoms with Gasteiger partial charge in [-0.15, -0.1) is 0 Å². The van der Waals surface area contributed by atoms with Gasteiger partial charge in [-0.3, -0.25) is 0 Å². The molecule has 4 rings (SSSR count). The summed E-state index contributed by atoms with van der Waals surface area (Å²) < 4.78 is 59.9. The molecule has 11 heteroatoms. The minimum absolute atomic E-state index is 0.0974. The van der Waals surface area contributed by atoms with E-state index < -0.39 is 17.9 Å². The van der Waals surface area contributed by atoms with Crippen molar-refractivity contribution in [1.29, 1.82) is 0 Å². The third-order valence-corrected chi connectivity index (χ3v) is 5.11. The molecular weight excluding hydrogens is 394 g/mol. The van der Waals surface area contributed by atoms with E-state index in [9.17, 15) is 22.7 Å². The third kappa shape index (κ3) is 4.77. The number of anilines is 1. The van der Waals surface area contributed by atoms with E-state index in [1.54, 1.807) is 12.3 Å². The van der Waals surface area contributed by atoms with Gasteiger partial charge >= 0.3 is 0 Å². The number of aliphatic hydroxyl groups is 1. The summed E-state index contributed by atoms with van der Waals surface area (Å²) in [5.74, 6) is -4.81. The van der Waals surface area contributed by atoms with Gasteiger partial charge in [-0.05, 0) is 18.9 Å². The topological polar surface area (TPSA) is 85.1 Å².